The number of rotatable bonds is 8. The van der Waals surface area contributed by atoms with Crippen molar-refractivity contribution in [2.75, 3.05) is 41.8 Å². The number of pyridine rings is 1. The Morgan fingerprint density at radius 3 is 2.44 bits per heavy atom. The van der Waals surface area contributed by atoms with Crippen LogP contribution in [0.1, 0.15) is 42.5 Å². The zero-order valence-electron chi connectivity index (χ0n) is 22.1. The molecule has 2 aromatic heterocycles. The van der Waals surface area contributed by atoms with Crippen molar-refractivity contribution in [1.29, 1.82) is 0 Å². The number of nitrogens with one attached hydrogen (secondary N) is 2. The molecule has 200 valence electrons. The van der Waals surface area contributed by atoms with Crippen molar-refractivity contribution in [2.45, 2.75) is 26.7 Å². The van der Waals surface area contributed by atoms with Crippen LogP contribution in [-0.4, -0.2) is 48.1 Å². The zero-order valence-corrected chi connectivity index (χ0v) is 22.9. The number of ether oxygens (including phenoxy) is 1. The summed E-state index contributed by atoms with van der Waals surface area (Å²) in [7, 11) is 0. The van der Waals surface area contributed by atoms with Gasteiger partial charge in [0.05, 0.1) is 23.9 Å². The zero-order chi connectivity index (χ0) is 27.2. The van der Waals surface area contributed by atoms with Gasteiger partial charge in [-0.05, 0) is 74.2 Å². The molecule has 0 unspecified atom stereocenters. The van der Waals surface area contributed by atoms with Crippen LogP contribution in [-0.2, 0) is 17.6 Å². The van der Waals surface area contributed by atoms with Gasteiger partial charge in [-0.1, -0.05) is 18.2 Å². The first-order valence-corrected chi connectivity index (χ1v) is 13.8. The van der Waals surface area contributed by atoms with Crippen LogP contribution in [0.5, 0.6) is 0 Å². The molecule has 39 heavy (non-hydrogen) atoms. The van der Waals surface area contributed by atoms with Crippen molar-refractivity contribution >= 4 is 40.3 Å². The molecule has 0 radical (unpaired) electrons. The van der Waals surface area contributed by atoms with Crippen molar-refractivity contribution in [2.24, 2.45) is 0 Å². The normalized spacial score (nSPS) is 13.2. The minimum atomic E-state index is -0.239. The van der Waals surface area contributed by atoms with E-state index >= 15 is 0 Å². The predicted molar refractivity (Wildman–Crippen MR) is 155 cm³/mol. The molecule has 1 aliphatic rings. The average molecular weight is 542 g/mol. The summed E-state index contributed by atoms with van der Waals surface area (Å²) in [6, 6.07) is 16.6. The molecule has 2 amide bonds. The van der Waals surface area contributed by atoms with Crippen LogP contribution in [0, 0.1) is 13.8 Å². The summed E-state index contributed by atoms with van der Waals surface area (Å²) < 4.78 is 5.40. The van der Waals surface area contributed by atoms with Gasteiger partial charge in [0.1, 0.15) is 5.82 Å². The van der Waals surface area contributed by atoms with Gasteiger partial charge in [0.2, 0.25) is 0 Å². The van der Waals surface area contributed by atoms with Gasteiger partial charge in [-0.15, -0.1) is 11.3 Å². The third-order valence-electron chi connectivity index (χ3n) is 6.64. The molecule has 0 atom stereocenters. The van der Waals surface area contributed by atoms with Crippen molar-refractivity contribution in [3.63, 3.8) is 0 Å². The lowest BCUT2D eigenvalue weighted by Crippen LogP contribution is -2.36. The van der Waals surface area contributed by atoms with Gasteiger partial charge in [0.15, 0.2) is 0 Å². The molecule has 0 aliphatic carbocycles. The number of thiazole rings is 1. The highest BCUT2D eigenvalue weighted by atomic mass is 32.1. The van der Waals surface area contributed by atoms with E-state index in [4.69, 9.17) is 4.74 Å². The highest BCUT2D eigenvalue weighted by Crippen LogP contribution is 2.23. The number of carbonyl (C=O) groups is 2. The monoisotopic (exact) mass is 541 g/mol. The summed E-state index contributed by atoms with van der Waals surface area (Å²) in [4.78, 5) is 37.0. The van der Waals surface area contributed by atoms with E-state index in [2.05, 4.69) is 30.9 Å². The number of hydrogen-bond acceptors (Lipinski definition) is 7. The van der Waals surface area contributed by atoms with E-state index in [1.165, 1.54) is 0 Å². The van der Waals surface area contributed by atoms with Crippen molar-refractivity contribution in [3.05, 3.63) is 99.1 Å². The highest BCUT2D eigenvalue weighted by molar-refractivity contribution is 7.09. The SMILES string of the molecule is Cc1nc(CCc2ccc(C(=O)Nc3cc(NC(=O)c4ccnc(N5CCOCC5)c4)ccc3C)cc2)cs1. The highest BCUT2D eigenvalue weighted by Gasteiger charge is 2.16. The molecule has 1 fully saturated rings. The van der Waals surface area contributed by atoms with Crippen LogP contribution in [0.2, 0.25) is 0 Å². The summed E-state index contributed by atoms with van der Waals surface area (Å²) >= 11 is 1.66. The number of hydrogen-bond donors (Lipinski definition) is 2. The first-order chi connectivity index (χ1) is 18.9. The lowest BCUT2D eigenvalue weighted by Gasteiger charge is -2.27. The number of aromatic nitrogens is 2. The molecular formula is C30H31N5O3S. The van der Waals surface area contributed by atoms with Crippen molar-refractivity contribution < 1.29 is 14.3 Å². The Morgan fingerprint density at radius 1 is 0.923 bits per heavy atom. The van der Waals surface area contributed by atoms with Gasteiger partial charge >= 0.3 is 0 Å². The molecule has 8 nitrogen and oxygen atoms in total. The first-order valence-electron chi connectivity index (χ1n) is 13.0. The molecule has 0 saturated carbocycles. The van der Waals surface area contributed by atoms with Crippen LogP contribution in [0.4, 0.5) is 17.2 Å². The number of benzene rings is 2. The number of anilines is 3. The van der Waals surface area contributed by atoms with E-state index in [0.29, 0.717) is 35.7 Å². The second kappa shape index (κ2) is 12.2. The fourth-order valence-corrected chi connectivity index (χ4v) is 5.02. The molecular weight excluding hydrogens is 510 g/mol. The second-order valence-electron chi connectivity index (χ2n) is 9.49. The van der Waals surface area contributed by atoms with E-state index in [1.54, 1.807) is 35.7 Å². The molecule has 2 N–H and O–H groups in total. The van der Waals surface area contributed by atoms with Crippen LogP contribution in [0.15, 0.2) is 66.2 Å². The number of carbonyl (C=O) groups excluding carboxylic acids is 2. The van der Waals surface area contributed by atoms with Crippen molar-refractivity contribution in [3.8, 4) is 0 Å². The summed E-state index contributed by atoms with van der Waals surface area (Å²) in [6.07, 6.45) is 3.39. The summed E-state index contributed by atoms with van der Waals surface area (Å²) in [6.45, 7) is 6.71. The number of nitrogens with zero attached hydrogens (tertiary/aromatic N) is 3. The van der Waals surface area contributed by atoms with Gasteiger partial charge < -0.3 is 20.3 Å². The molecule has 1 saturated heterocycles. The smallest absolute Gasteiger partial charge is 0.255 e. The van der Waals surface area contributed by atoms with E-state index in [-0.39, 0.29) is 11.8 Å². The first kappa shape index (κ1) is 26.5. The quantitative estimate of drug-likeness (QED) is 0.315. The molecule has 5 rings (SSSR count). The summed E-state index contributed by atoms with van der Waals surface area (Å²) in [5.74, 6) is 0.316. The Balaban J connectivity index is 1.21. The number of morpholine rings is 1. The largest absolute Gasteiger partial charge is 0.378 e. The van der Waals surface area contributed by atoms with Gasteiger partial charge in [-0.2, -0.15) is 0 Å². The molecule has 4 aromatic rings. The Hall–Kier alpha value is -4.08. The fraction of sp³-hybridized carbons (Fsp3) is 0.267. The minimum absolute atomic E-state index is 0.201. The van der Waals surface area contributed by atoms with E-state index in [1.807, 2.05) is 50.2 Å². The van der Waals surface area contributed by atoms with Crippen LogP contribution in [0.25, 0.3) is 0 Å². The molecule has 1 aliphatic heterocycles. The van der Waals surface area contributed by atoms with E-state index in [0.717, 1.165) is 53.6 Å². The maximum atomic E-state index is 13.0. The van der Waals surface area contributed by atoms with Gasteiger partial charge in [0, 0.05) is 47.2 Å². The standard InChI is InChI=1S/C30H31N5O3S/c1-20-3-9-25(33-30(37)24-11-12-31-28(17-24)35-13-15-38-16-14-35)18-27(20)34-29(36)23-7-4-22(5-8-23)6-10-26-19-39-21(2)32-26/h3-5,7-9,11-12,17-19H,6,10,13-16H2,1-2H3,(H,33,37)(H,34,36). The fourth-order valence-electron chi connectivity index (χ4n) is 4.38. The van der Waals surface area contributed by atoms with Crippen LogP contribution >= 0.6 is 11.3 Å². The molecule has 0 spiro atoms. The van der Waals surface area contributed by atoms with Gasteiger partial charge in [0.25, 0.3) is 11.8 Å². The third kappa shape index (κ3) is 6.87. The molecule has 2 aromatic carbocycles. The Labute approximate surface area is 232 Å². The molecule has 3 heterocycles. The van der Waals surface area contributed by atoms with Crippen LogP contribution < -0.4 is 15.5 Å². The number of amides is 2. The lowest BCUT2D eigenvalue weighted by molar-refractivity contribution is 0.101. The Morgan fingerprint density at radius 2 is 1.69 bits per heavy atom. The van der Waals surface area contributed by atoms with Crippen molar-refractivity contribution in [1.82, 2.24) is 9.97 Å². The summed E-state index contributed by atoms with van der Waals surface area (Å²) in [5, 5.41) is 9.09. The van der Waals surface area contributed by atoms with E-state index in [9.17, 15) is 9.59 Å². The van der Waals surface area contributed by atoms with Gasteiger partial charge in [-0.3, -0.25) is 9.59 Å². The summed E-state index contributed by atoms with van der Waals surface area (Å²) in [5.41, 5.74) is 5.49. The van der Waals surface area contributed by atoms with Gasteiger partial charge in [-0.25, -0.2) is 9.97 Å². The lowest BCUT2D eigenvalue weighted by atomic mass is 10.1. The van der Waals surface area contributed by atoms with Crippen LogP contribution in [0.3, 0.4) is 0 Å². The topological polar surface area (TPSA) is 96.5 Å². The second-order valence-corrected chi connectivity index (χ2v) is 10.6. The Bertz CT molecular complexity index is 1460. The molecule has 0 bridgehead atoms. The predicted octanol–water partition coefficient (Wildman–Crippen LogP) is 5.28. The maximum Gasteiger partial charge on any atom is 0.255 e. The maximum absolute atomic E-state index is 13.0. The Kier molecular flexibility index (Phi) is 8.29. The third-order valence-corrected chi connectivity index (χ3v) is 7.46. The molecule has 9 heteroatoms. The number of aryl methyl sites for hydroxylation is 4. The minimum Gasteiger partial charge on any atom is -0.378 e. The van der Waals surface area contributed by atoms with E-state index < -0.39 is 0 Å². The average Bonchev–Trinajstić information content (AvgIpc) is 3.39.